The molecule has 1 unspecified atom stereocenters. The molecule has 1 atom stereocenters. The van der Waals surface area contributed by atoms with Crippen molar-refractivity contribution in [1.29, 1.82) is 0 Å². The fourth-order valence-corrected chi connectivity index (χ4v) is 2.36. The van der Waals surface area contributed by atoms with Gasteiger partial charge in [-0.1, -0.05) is 25.4 Å². The van der Waals surface area contributed by atoms with E-state index in [2.05, 4.69) is 0 Å². The van der Waals surface area contributed by atoms with E-state index in [9.17, 15) is 27.5 Å². The molecule has 124 valence electrons. The van der Waals surface area contributed by atoms with Crippen LogP contribution in [-0.4, -0.2) is 30.3 Å². The van der Waals surface area contributed by atoms with E-state index in [0.717, 1.165) is 12.1 Å². The zero-order valence-corrected chi connectivity index (χ0v) is 12.8. The molecule has 3 nitrogen and oxygen atoms in total. The largest absolute Gasteiger partial charge is 0.496 e. The fraction of sp³-hybridized carbons (Fsp3) is 0.500. The average molecular weight is 343 g/mol. The molecule has 0 saturated heterocycles. The summed E-state index contributed by atoms with van der Waals surface area (Å²) >= 11 is 5.61. The number of rotatable bonds is 5. The van der Waals surface area contributed by atoms with E-state index in [4.69, 9.17) is 16.3 Å². The molecular formula is C14H15ClF4O3. The molecule has 0 spiro atoms. The summed E-state index contributed by atoms with van der Waals surface area (Å²) in [7, 11) is 1.25. The molecule has 0 amide bonds. The Morgan fingerprint density at radius 1 is 1.32 bits per heavy atom. The molecule has 0 fully saturated rings. The van der Waals surface area contributed by atoms with E-state index in [1.807, 2.05) is 0 Å². The molecular weight excluding hydrogens is 328 g/mol. The standard InChI is InChI=1S/C14H15ClF4O3/c1-12(2,6-13(21,7-20)14(17,18)19)8-4-10(16)9(15)5-11(8)22-3/h4-5,7,21H,6H2,1-3H3. The van der Waals surface area contributed by atoms with Crippen molar-refractivity contribution in [3.63, 3.8) is 0 Å². The van der Waals surface area contributed by atoms with Gasteiger partial charge in [0.2, 0.25) is 5.60 Å². The first-order chi connectivity index (χ1) is 9.88. The minimum Gasteiger partial charge on any atom is -0.496 e. The predicted octanol–water partition coefficient (Wildman–Crippen LogP) is 3.65. The summed E-state index contributed by atoms with van der Waals surface area (Å²) in [5.74, 6) is -0.779. The zero-order valence-electron chi connectivity index (χ0n) is 12.1. The van der Waals surface area contributed by atoms with Crippen LogP contribution in [0.25, 0.3) is 0 Å². The molecule has 1 aromatic rings. The molecule has 22 heavy (non-hydrogen) atoms. The van der Waals surface area contributed by atoms with Gasteiger partial charge in [-0.05, 0) is 11.5 Å². The van der Waals surface area contributed by atoms with Crippen LogP contribution >= 0.6 is 11.6 Å². The van der Waals surface area contributed by atoms with Crippen LogP contribution in [0.3, 0.4) is 0 Å². The lowest BCUT2D eigenvalue weighted by Crippen LogP contribution is -2.50. The van der Waals surface area contributed by atoms with Gasteiger partial charge in [0.05, 0.1) is 12.1 Å². The normalized spacial score (nSPS) is 15.3. The van der Waals surface area contributed by atoms with Gasteiger partial charge in [0.1, 0.15) is 11.6 Å². The number of hydrogen-bond acceptors (Lipinski definition) is 3. The van der Waals surface area contributed by atoms with Crippen molar-refractivity contribution in [3.8, 4) is 5.75 Å². The third kappa shape index (κ3) is 3.52. The van der Waals surface area contributed by atoms with Gasteiger partial charge >= 0.3 is 6.18 Å². The number of methoxy groups -OCH3 is 1. The van der Waals surface area contributed by atoms with Crippen LogP contribution in [0.5, 0.6) is 5.75 Å². The van der Waals surface area contributed by atoms with E-state index in [-0.39, 0.29) is 16.3 Å². The number of hydrogen-bond donors (Lipinski definition) is 1. The SMILES string of the molecule is COc1cc(Cl)c(F)cc1C(C)(C)CC(O)(C=O)C(F)(F)F. The zero-order chi connectivity index (χ0) is 17.3. The summed E-state index contributed by atoms with van der Waals surface area (Å²) in [6, 6.07) is 2.06. The van der Waals surface area contributed by atoms with Gasteiger partial charge in [-0.2, -0.15) is 13.2 Å². The second kappa shape index (κ2) is 6.04. The van der Waals surface area contributed by atoms with E-state index >= 15 is 0 Å². The molecule has 0 bridgehead atoms. The van der Waals surface area contributed by atoms with Crippen LogP contribution in [-0.2, 0) is 10.2 Å². The number of ether oxygens (including phenoxy) is 1. The highest BCUT2D eigenvalue weighted by molar-refractivity contribution is 6.30. The number of alkyl halides is 3. The van der Waals surface area contributed by atoms with Crippen LogP contribution in [0.1, 0.15) is 25.8 Å². The number of benzene rings is 1. The minimum absolute atomic E-state index is 0.0569. The maximum Gasteiger partial charge on any atom is 0.424 e. The van der Waals surface area contributed by atoms with Gasteiger partial charge < -0.3 is 9.84 Å². The van der Waals surface area contributed by atoms with Crippen molar-refractivity contribution < 1.29 is 32.2 Å². The summed E-state index contributed by atoms with van der Waals surface area (Å²) in [6.45, 7) is 2.66. The smallest absolute Gasteiger partial charge is 0.424 e. The summed E-state index contributed by atoms with van der Waals surface area (Å²) in [6.07, 6.45) is -6.71. The van der Waals surface area contributed by atoms with Gasteiger partial charge in [0, 0.05) is 18.1 Å². The second-order valence-electron chi connectivity index (χ2n) is 5.57. The number of aldehydes is 1. The highest BCUT2D eigenvalue weighted by Crippen LogP contribution is 2.43. The Morgan fingerprint density at radius 3 is 2.27 bits per heavy atom. The van der Waals surface area contributed by atoms with Crippen molar-refractivity contribution in [2.75, 3.05) is 7.11 Å². The summed E-state index contributed by atoms with van der Waals surface area (Å²) < 4.78 is 57.2. The van der Waals surface area contributed by atoms with Gasteiger partial charge in [-0.15, -0.1) is 0 Å². The first-order valence-corrected chi connectivity index (χ1v) is 6.55. The molecule has 1 aromatic carbocycles. The first kappa shape index (κ1) is 18.7. The summed E-state index contributed by atoms with van der Waals surface area (Å²) in [4.78, 5) is 10.8. The van der Waals surface area contributed by atoms with Gasteiger partial charge in [-0.3, -0.25) is 4.79 Å². The molecule has 0 heterocycles. The van der Waals surface area contributed by atoms with Gasteiger partial charge in [-0.25, -0.2) is 4.39 Å². The van der Waals surface area contributed by atoms with Crippen molar-refractivity contribution in [2.24, 2.45) is 0 Å². The van der Waals surface area contributed by atoms with Crippen molar-refractivity contribution >= 4 is 17.9 Å². The van der Waals surface area contributed by atoms with Crippen LogP contribution < -0.4 is 4.74 Å². The summed E-state index contributed by atoms with van der Waals surface area (Å²) in [5, 5.41) is 9.34. The van der Waals surface area contributed by atoms with Gasteiger partial charge in [0.25, 0.3) is 0 Å². The van der Waals surface area contributed by atoms with Gasteiger partial charge in [0.15, 0.2) is 6.29 Å². The Bertz CT molecular complexity index is 572. The number of carbonyl (C=O) groups excluding carboxylic acids is 1. The van der Waals surface area contributed by atoms with Crippen LogP contribution in [0, 0.1) is 5.82 Å². The number of aliphatic hydroxyl groups is 1. The molecule has 0 aliphatic carbocycles. The molecule has 0 saturated carbocycles. The topological polar surface area (TPSA) is 46.5 Å². The predicted molar refractivity (Wildman–Crippen MR) is 72.7 cm³/mol. The third-order valence-electron chi connectivity index (χ3n) is 3.37. The Kier molecular flexibility index (Phi) is 5.14. The Morgan fingerprint density at radius 2 is 1.86 bits per heavy atom. The van der Waals surface area contributed by atoms with Crippen LogP contribution in [0.4, 0.5) is 17.6 Å². The third-order valence-corrected chi connectivity index (χ3v) is 3.66. The van der Waals surface area contributed by atoms with Crippen molar-refractivity contribution in [2.45, 2.75) is 37.5 Å². The highest BCUT2D eigenvalue weighted by atomic mass is 35.5. The molecule has 0 radical (unpaired) electrons. The molecule has 1 rings (SSSR count). The fourth-order valence-electron chi connectivity index (χ4n) is 2.20. The molecule has 1 N–H and O–H groups in total. The lowest BCUT2D eigenvalue weighted by molar-refractivity contribution is -0.250. The van der Waals surface area contributed by atoms with Crippen molar-refractivity contribution in [3.05, 3.63) is 28.5 Å². The lowest BCUT2D eigenvalue weighted by Gasteiger charge is -2.35. The Balaban J connectivity index is 3.36. The maximum atomic E-state index is 13.6. The number of carbonyl (C=O) groups is 1. The minimum atomic E-state index is -5.15. The van der Waals surface area contributed by atoms with E-state index in [0.29, 0.717) is 0 Å². The van der Waals surface area contributed by atoms with E-state index < -0.39 is 35.7 Å². The Hall–Kier alpha value is -1.34. The summed E-state index contributed by atoms with van der Waals surface area (Å²) in [5.41, 5.74) is -4.90. The first-order valence-electron chi connectivity index (χ1n) is 6.17. The van der Waals surface area contributed by atoms with Crippen molar-refractivity contribution in [1.82, 2.24) is 0 Å². The Labute approximate surface area is 129 Å². The number of halogens is 5. The monoisotopic (exact) mass is 342 g/mol. The molecule has 0 aliphatic heterocycles. The van der Waals surface area contributed by atoms with E-state index in [1.54, 1.807) is 0 Å². The van der Waals surface area contributed by atoms with Crippen LogP contribution in [0.2, 0.25) is 5.02 Å². The quantitative estimate of drug-likeness (QED) is 0.656. The molecule has 0 aromatic heterocycles. The van der Waals surface area contributed by atoms with E-state index in [1.165, 1.54) is 21.0 Å². The maximum absolute atomic E-state index is 13.6. The average Bonchev–Trinajstić information content (AvgIpc) is 2.39. The molecule has 8 heteroatoms. The van der Waals surface area contributed by atoms with Crippen LogP contribution in [0.15, 0.2) is 12.1 Å². The molecule has 0 aliphatic rings. The lowest BCUT2D eigenvalue weighted by atomic mass is 9.75. The second-order valence-corrected chi connectivity index (χ2v) is 5.97. The highest BCUT2D eigenvalue weighted by Gasteiger charge is 2.56.